The fraction of sp³-hybridized carbons (Fsp3) is 1.00. The van der Waals surface area contributed by atoms with Crippen molar-refractivity contribution in [3.8, 4) is 0 Å². The molecule has 2 unspecified atom stereocenters. The highest BCUT2D eigenvalue weighted by Gasteiger charge is 2.30. The molecule has 3 aliphatic rings. The van der Waals surface area contributed by atoms with Gasteiger partial charge >= 0.3 is 0 Å². The van der Waals surface area contributed by atoms with Crippen molar-refractivity contribution in [3.63, 3.8) is 0 Å². The molecule has 0 spiro atoms. The molecule has 2 saturated heterocycles. The molecular weight excluding hydrogens is 200 g/mol. The number of nitrogens with one attached hydrogen (secondary N) is 1. The van der Waals surface area contributed by atoms with E-state index in [1.165, 1.54) is 58.2 Å². The molecule has 2 atom stereocenters. The molecule has 0 amide bonds. The van der Waals surface area contributed by atoms with Crippen LogP contribution in [0.4, 0.5) is 0 Å². The van der Waals surface area contributed by atoms with Crippen molar-refractivity contribution < 1.29 is 4.74 Å². The lowest BCUT2D eigenvalue weighted by molar-refractivity contribution is 0.0688. The van der Waals surface area contributed by atoms with Gasteiger partial charge in [0.25, 0.3) is 0 Å². The van der Waals surface area contributed by atoms with E-state index in [1.54, 1.807) is 0 Å². The molecule has 0 aromatic carbocycles. The van der Waals surface area contributed by atoms with Crippen LogP contribution in [0.3, 0.4) is 0 Å². The molecule has 3 fully saturated rings. The average molecular weight is 224 g/mol. The lowest BCUT2D eigenvalue weighted by Gasteiger charge is -2.27. The minimum absolute atomic E-state index is 0.529. The zero-order chi connectivity index (χ0) is 10.8. The summed E-state index contributed by atoms with van der Waals surface area (Å²) in [6, 6.07) is 1.63. The Bertz CT molecular complexity index is 224. The van der Waals surface area contributed by atoms with Crippen LogP contribution in [-0.4, -0.2) is 49.3 Å². The number of nitrogens with zero attached hydrogens (tertiary/aromatic N) is 1. The van der Waals surface area contributed by atoms with Crippen LogP contribution >= 0.6 is 0 Å². The van der Waals surface area contributed by atoms with Crippen LogP contribution in [0.1, 0.15) is 38.5 Å². The SMILES string of the molecule is C1COC(CN2CCCC2CNC2CC2)C1. The molecule has 2 heterocycles. The van der Waals surface area contributed by atoms with Crippen LogP contribution < -0.4 is 5.32 Å². The van der Waals surface area contributed by atoms with E-state index in [4.69, 9.17) is 4.74 Å². The van der Waals surface area contributed by atoms with Crippen molar-refractivity contribution in [1.82, 2.24) is 10.2 Å². The second-order valence-electron chi connectivity index (χ2n) is 5.61. The van der Waals surface area contributed by atoms with Gasteiger partial charge in [-0.1, -0.05) is 0 Å². The van der Waals surface area contributed by atoms with E-state index in [2.05, 4.69) is 10.2 Å². The molecular formula is C13H24N2O. The molecule has 92 valence electrons. The normalized spacial score (nSPS) is 36.0. The van der Waals surface area contributed by atoms with Crippen molar-refractivity contribution in [2.24, 2.45) is 0 Å². The van der Waals surface area contributed by atoms with E-state index in [0.29, 0.717) is 6.10 Å². The summed E-state index contributed by atoms with van der Waals surface area (Å²) in [4.78, 5) is 2.66. The third-order valence-corrected chi connectivity index (χ3v) is 4.18. The van der Waals surface area contributed by atoms with Gasteiger partial charge in [-0.05, 0) is 45.1 Å². The molecule has 0 radical (unpaired) electrons. The number of likely N-dealkylation sites (tertiary alicyclic amines) is 1. The Morgan fingerprint density at radius 2 is 2.06 bits per heavy atom. The highest BCUT2D eigenvalue weighted by atomic mass is 16.5. The largest absolute Gasteiger partial charge is 0.377 e. The Hall–Kier alpha value is -0.120. The smallest absolute Gasteiger partial charge is 0.0702 e. The number of hydrogen-bond acceptors (Lipinski definition) is 3. The fourth-order valence-corrected chi connectivity index (χ4v) is 3.01. The maximum absolute atomic E-state index is 5.74. The molecule has 3 rings (SSSR count). The Labute approximate surface area is 98.5 Å². The predicted octanol–water partition coefficient (Wildman–Crippen LogP) is 1.38. The Balaban J connectivity index is 1.43. The van der Waals surface area contributed by atoms with Gasteiger partial charge in [-0.2, -0.15) is 0 Å². The van der Waals surface area contributed by atoms with E-state index in [9.17, 15) is 0 Å². The molecule has 1 aliphatic carbocycles. The summed E-state index contributed by atoms with van der Waals surface area (Å²) in [6.07, 6.45) is 8.64. The van der Waals surface area contributed by atoms with Gasteiger partial charge in [-0.3, -0.25) is 4.90 Å². The summed E-state index contributed by atoms with van der Waals surface area (Å²) in [5.41, 5.74) is 0. The van der Waals surface area contributed by atoms with E-state index in [-0.39, 0.29) is 0 Å². The van der Waals surface area contributed by atoms with Gasteiger partial charge in [0.2, 0.25) is 0 Å². The molecule has 3 heteroatoms. The van der Waals surface area contributed by atoms with Crippen molar-refractivity contribution in [2.45, 2.75) is 56.7 Å². The summed E-state index contributed by atoms with van der Waals surface area (Å²) in [7, 11) is 0. The molecule has 1 N–H and O–H groups in total. The second-order valence-corrected chi connectivity index (χ2v) is 5.61. The maximum atomic E-state index is 5.74. The molecule has 16 heavy (non-hydrogen) atoms. The van der Waals surface area contributed by atoms with Crippen LogP contribution in [-0.2, 0) is 4.74 Å². The zero-order valence-corrected chi connectivity index (χ0v) is 10.2. The van der Waals surface area contributed by atoms with Crippen molar-refractivity contribution in [3.05, 3.63) is 0 Å². The van der Waals surface area contributed by atoms with Gasteiger partial charge in [0, 0.05) is 31.8 Å². The number of hydrogen-bond donors (Lipinski definition) is 1. The van der Waals surface area contributed by atoms with Crippen LogP contribution in [0.2, 0.25) is 0 Å². The van der Waals surface area contributed by atoms with Gasteiger partial charge < -0.3 is 10.1 Å². The van der Waals surface area contributed by atoms with Crippen molar-refractivity contribution in [1.29, 1.82) is 0 Å². The molecule has 0 bridgehead atoms. The topological polar surface area (TPSA) is 24.5 Å². The molecule has 0 aromatic rings. The van der Waals surface area contributed by atoms with Crippen molar-refractivity contribution >= 4 is 0 Å². The van der Waals surface area contributed by atoms with Crippen LogP contribution in [0.25, 0.3) is 0 Å². The highest BCUT2D eigenvalue weighted by molar-refractivity contribution is 4.88. The van der Waals surface area contributed by atoms with E-state index in [1.807, 2.05) is 0 Å². The first-order valence-electron chi connectivity index (χ1n) is 7.01. The maximum Gasteiger partial charge on any atom is 0.0702 e. The third kappa shape index (κ3) is 2.76. The van der Waals surface area contributed by atoms with Crippen LogP contribution in [0.5, 0.6) is 0 Å². The van der Waals surface area contributed by atoms with E-state index < -0.39 is 0 Å². The predicted molar refractivity (Wildman–Crippen MR) is 64.6 cm³/mol. The molecule has 1 saturated carbocycles. The van der Waals surface area contributed by atoms with Gasteiger partial charge in [0.15, 0.2) is 0 Å². The zero-order valence-electron chi connectivity index (χ0n) is 10.2. The fourth-order valence-electron chi connectivity index (χ4n) is 3.01. The first-order valence-corrected chi connectivity index (χ1v) is 7.01. The summed E-state index contributed by atoms with van der Waals surface area (Å²) < 4.78 is 5.74. The van der Waals surface area contributed by atoms with Crippen molar-refractivity contribution in [2.75, 3.05) is 26.2 Å². The first-order chi connectivity index (χ1) is 7.92. The highest BCUT2D eigenvalue weighted by Crippen LogP contribution is 2.23. The Morgan fingerprint density at radius 1 is 1.12 bits per heavy atom. The van der Waals surface area contributed by atoms with Gasteiger partial charge in [-0.15, -0.1) is 0 Å². The summed E-state index contributed by atoms with van der Waals surface area (Å²) in [5, 5.41) is 3.67. The monoisotopic (exact) mass is 224 g/mol. The van der Waals surface area contributed by atoms with Gasteiger partial charge in [0.05, 0.1) is 6.10 Å². The molecule has 0 aromatic heterocycles. The van der Waals surface area contributed by atoms with E-state index in [0.717, 1.165) is 18.7 Å². The van der Waals surface area contributed by atoms with Crippen LogP contribution in [0.15, 0.2) is 0 Å². The molecule has 2 aliphatic heterocycles. The lowest BCUT2D eigenvalue weighted by atomic mass is 10.2. The minimum atomic E-state index is 0.529. The van der Waals surface area contributed by atoms with Crippen LogP contribution in [0, 0.1) is 0 Å². The lowest BCUT2D eigenvalue weighted by Crippen LogP contribution is -2.42. The number of rotatable bonds is 5. The first kappa shape index (κ1) is 11.0. The summed E-state index contributed by atoms with van der Waals surface area (Å²) in [5.74, 6) is 0. The Kier molecular flexibility index (Phi) is 3.46. The minimum Gasteiger partial charge on any atom is -0.377 e. The summed E-state index contributed by atoms with van der Waals surface area (Å²) >= 11 is 0. The standard InChI is InChI=1S/C13H24N2O/c1-3-12(9-14-11-5-6-11)15(7-1)10-13-4-2-8-16-13/h11-14H,1-10H2. The molecule has 3 nitrogen and oxygen atoms in total. The quantitative estimate of drug-likeness (QED) is 0.763. The van der Waals surface area contributed by atoms with Gasteiger partial charge in [-0.25, -0.2) is 0 Å². The average Bonchev–Trinajstić information content (AvgIpc) is 2.79. The Morgan fingerprint density at radius 3 is 2.81 bits per heavy atom. The summed E-state index contributed by atoms with van der Waals surface area (Å²) in [6.45, 7) is 4.66. The van der Waals surface area contributed by atoms with E-state index >= 15 is 0 Å². The number of ether oxygens (including phenoxy) is 1. The van der Waals surface area contributed by atoms with Gasteiger partial charge in [0.1, 0.15) is 0 Å². The third-order valence-electron chi connectivity index (χ3n) is 4.18. The second kappa shape index (κ2) is 5.03.